The fourth-order valence-corrected chi connectivity index (χ4v) is 4.94. The van der Waals surface area contributed by atoms with E-state index in [0.717, 1.165) is 37.9 Å². The van der Waals surface area contributed by atoms with Crippen LogP contribution in [0.5, 0.6) is 0 Å². The second-order valence-corrected chi connectivity index (χ2v) is 8.91. The zero-order valence-electron chi connectivity index (χ0n) is 17.7. The molecule has 160 valence electrons. The molecule has 2 aromatic carbocycles. The SMILES string of the molecule is O=C(N[C@H](/C=C/C(=O)N1CCc2ccccc21)CCc1ccccc1)[C@H]1NC[C@H]2C[C@H]21. The first-order chi connectivity index (χ1) is 15.2. The lowest BCUT2D eigenvalue weighted by atomic mass is 10.0. The highest BCUT2D eigenvalue weighted by Gasteiger charge is 2.51. The molecule has 0 spiro atoms. The zero-order chi connectivity index (χ0) is 21.2. The fourth-order valence-electron chi connectivity index (χ4n) is 4.94. The first-order valence-corrected chi connectivity index (χ1v) is 11.3. The molecule has 2 aliphatic heterocycles. The topological polar surface area (TPSA) is 61.4 Å². The van der Waals surface area contributed by atoms with E-state index < -0.39 is 0 Å². The Labute approximate surface area is 183 Å². The van der Waals surface area contributed by atoms with Gasteiger partial charge in [-0.2, -0.15) is 0 Å². The minimum Gasteiger partial charge on any atom is -0.349 e. The second-order valence-electron chi connectivity index (χ2n) is 8.91. The third-order valence-electron chi connectivity index (χ3n) is 6.83. The van der Waals surface area contributed by atoms with Crippen LogP contribution in [0, 0.1) is 11.8 Å². The average molecular weight is 416 g/mol. The summed E-state index contributed by atoms with van der Waals surface area (Å²) >= 11 is 0. The number of carbonyl (C=O) groups is 2. The van der Waals surface area contributed by atoms with Crippen molar-refractivity contribution in [1.82, 2.24) is 10.6 Å². The Morgan fingerprint density at radius 2 is 1.94 bits per heavy atom. The number of benzene rings is 2. The molecule has 5 rings (SSSR count). The molecule has 31 heavy (non-hydrogen) atoms. The number of hydrogen-bond acceptors (Lipinski definition) is 3. The van der Waals surface area contributed by atoms with Gasteiger partial charge in [0.15, 0.2) is 0 Å². The summed E-state index contributed by atoms with van der Waals surface area (Å²) in [5.41, 5.74) is 3.44. The quantitative estimate of drug-likeness (QED) is 0.684. The van der Waals surface area contributed by atoms with Gasteiger partial charge in [0.1, 0.15) is 0 Å². The first-order valence-electron chi connectivity index (χ1n) is 11.3. The Morgan fingerprint density at radius 3 is 2.71 bits per heavy atom. The fraction of sp³-hybridized carbons (Fsp3) is 0.385. The van der Waals surface area contributed by atoms with Gasteiger partial charge in [-0.3, -0.25) is 9.59 Å². The Hall–Kier alpha value is -2.92. The lowest BCUT2D eigenvalue weighted by Gasteiger charge is -2.20. The first kappa shape index (κ1) is 20.0. The van der Waals surface area contributed by atoms with Crippen LogP contribution >= 0.6 is 0 Å². The third kappa shape index (κ3) is 4.42. The molecule has 5 nitrogen and oxygen atoms in total. The van der Waals surface area contributed by atoms with Crippen molar-refractivity contribution in [1.29, 1.82) is 0 Å². The molecule has 1 saturated heterocycles. The molecule has 2 heterocycles. The minimum atomic E-state index is -0.172. The van der Waals surface area contributed by atoms with Crippen LogP contribution in [0.1, 0.15) is 24.0 Å². The van der Waals surface area contributed by atoms with Crippen molar-refractivity contribution >= 4 is 17.5 Å². The van der Waals surface area contributed by atoms with Crippen LogP contribution in [0.25, 0.3) is 0 Å². The van der Waals surface area contributed by atoms with E-state index in [9.17, 15) is 9.59 Å². The van der Waals surface area contributed by atoms with Crippen LogP contribution in [0.4, 0.5) is 5.69 Å². The third-order valence-corrected chi connectivity index (χ3v) is 6.83. The molecule has 5 heteroatoms. The van der Waals surface area contributed by atoms with E-state index in [2.05, 4.69) is 28.8 Å². The Bertz CT molecular complexity index is 987. The van der Waals surface area contributed by atoms with Crippen LogP contribution in [0.3, 0.4) is 0 Å². The maximum atomic E-state index is 12.9. The van der Waals surface area contributed by atoms with Gasteiger partial charge in [-0.15, -0.1) is 0 Å². The molecule has 2 aromatic rings. The maximum absolute atomic E-state index is 12.9. The number of anilines is 1. The Kier molecular flexibility index (Phi) is 5.60. The molecule has 2 amide bonds. The summed E-state index contributed by atoms with van der Waals surface area (Å²) in [6, 6.07) is 18.1. The summed E-state index contributed by atoms with van der Waals surface area (Å²) in [5.74, 6) is 1.20. The molecule has 1 saturated carbocycles. The van der Waals surface area contributed by atoms with E-state index in [1.807, 2.05) is 47.4 Å². The smallest absolute Gasteiger partial charge is 0.250 e. The number of nitrogens with zero attached hydrogens (tertiary/aromatic N) is 1. The number of carbonyl (C=O) groups excluding carboxylic acids is 2. The number of amides is 2. The molecular formula is C26H29N3O2. The normalized spacial score (nSPS) is 24.6. The summed E-state index contributed by atoms with van der Waals surface area (Å²) in [7, 11) is 0. The van der Waals surface area contributed by atoms with Crippen molar-refractivity contribution in [3.05, 3.63) is 77.9 Å². The molecule has 0 aromatic heterocycles. The molecular weight excluding hydrogens is 386 g/mol. The number of piperidine rings is 1. The van der Waals surface area contributed by atoms with Gasteiger partial charge in [0.05, 0.1) is 6.04 Å². The van der Waals surface area contributed by atoms with Crippen molar-refractivity contribution in [3.8, 4) is 0 Å². The lowest BCUT2D eigenvalue weighted by molar-refractivity contribution is -0.123. The zero-order valence-corrected chi connectivity index (χ0v) is 17.7. The number of rotatable bonds is 7. The summed E-state index contributed by atoms with van der Waals surface area (Å²) in [6.07, 6.45) is 7.17. The van der Waals surface area contributed by atoms with Gasteiger partial charge in [0, 0.05) is 24.4 Å². The molecule has 0 bridgehead atoms. The molecule has 1 aliphatic carbocycles. The molecule has 3 aliphatic rings. The second kappa shape index (κ2) is 8.67. The van der Waals surface area contributed by atoms with Gasteiger partial charge in [-0.1, -0.05) is 54.6 Å². The van der Waals surface area contributed by atoms with E-state index in [-0.39, 0.29) is 23.9 Å². The van der Waals surface area contributed by atoms with Crippen molar-refractivity contribution in [2.45, 2.75) is 37.8 Å². The number of hydrogen-bond donors (Lipinski definition) is 2. The highest BCUT2D eigenvalue weighted by atomic mass is 16.2. The summed E-state index contributed by atoms with van der Waals surface area (Å²) in [6.45, 7) is 1.65. The van der Waals surface area contributed by atoms with E-state index in [1.165, 1.54) is 11.1 Å². The van der Waals surface area contributed by atoms with Gasteiger partial charge in [-0.05, 0) is 61.3 Å². The standard InChI is InChI=1S/C26H29N3O2/c30-24(29-15-14-19-8-4-5-9-23(19)29)13-12-21(11-10-18-6-2-1-3-7-18)28-26(31)25-22-16-20(22)17-27-25/h1-9,12-13,20-22,25,27H,10-11,14-17H2,(H,28,31)/b13-12+/t20-,21+,22-,25+/m1/s1. The number of aryl methyl sites for hydroxylation is 1. The van der Waals surface area contributed by atoms with Crippen LogP contribution in [-0.2, 0) is 22.4 Å². The van der Waals surface area contributed by atoms with E-state index in [0.29, 0.717) is 18.4 Å². The number of fused-ring (bicyclic) bond motifs is 2. The van der Waals surface area contributed by atoms with Crippen LogP contribution in [0.15, 0.2) is 66.7 Å². The largest absolute Gasteiger partial charge is 0.349 e. The number of nitrogens with one attached hydrogen (secondary N) is 2. The number of para-hydroxylation sites is 1. The highest BCUT2D eigenvalue weighted by Crippen LogP contribution is 2.45. The van der Waals surface area contributed by atoms with Gasteiger partial charge in [-0.25, -0.2) is 0 Å². The van der Waals surface area contributed by atoms with Crippen molar-refractivity contribution in [3.63, 3.8) is 0 Å². The maximum Gasteiger partial charge on any atom is 0.250 e. The Balaban J connectivity index is 1.26. The van der Waals surface area contributed by atoms with E-state index in [1.54, 1.807) is 6.08 Å². The van der Waals surface area contributed by atoms with E-state index in [4.69, 9.17) is 0 Å². The van der Waals surface area contributed by atoms with Gasteiger partial charge < -0.3 is 15.5 Å². The monoisotopic (exact) mass is 415 g/mol. The Morgan fingerprint density at radius 1 is 1.13 bits per heavy atom. The van der Waals surface area contributed by atoms with Gasteiger partial charge in [0.25, 0.3) is 5.91 Å². The summed E-state index contributed by atoms with van der Waals surface area (Å²) in [4.78, 5) is 27.6. The lowest BCUT2D eigenvalue weighted by Crippen LogP contribution is -2.46. The predicted molar refractivity (Wildman–Crippen MR) is 122 cm³/mol. The summed E-state index contributed by atoms with van der Waals surface area (Å²) < 4.78 is 0. The molecule has 0 radical (unpaired) electrons. The van der Waals surface area contributed by atoms with Crippen molar-refractivity contribution in [2.24, 2.45) is 11.8 Å². The van der Waals surface area contributed by atoms with Crippen molar-refractivity contribution < 1.29 is 9.59 Å². The van der Waals surface area contributed by atoms with Gasteiger partial charge >= 0.3 is 0 Å². The molecule has 4 atom stereocenters. The van der Waals surface area contributed by atoms with Crippen molar-refractivity contribution in [2.75, 3.05) is 18.0 Å². The molecule has 2 N–H and O–H groups in total. The van der Waals surface area contributed by atoms with Gasteiger partial charge in [0.2, 0.25) is 5.91 Å². The van der Waals surface area contributed by atoms with E-state index >= 15 is 0 Å². The highest BCUT2D eigenvalue weighted by molar-refractivity contribution is 6.03. The van der Waals surface area contributed by atoms with Crippen LogP contribution in [0.2, 0.25) is 0 Å². The minimum absolute atomic E-state index is 0.0230. The predicted octanol–water partition coefficient (Wildman–Crippen LogP) is 2.86. The average Bonchev–Trinajstić information content (AvgIpc) is 3.25. The van der Waals surface area contributed by atoms with Crippen LogP contribution in [-0.4, -0.2) is 37.0 Å². The summed E-state index contributed by atoms with van der Waals surface area (Å²) in [5, 5.41) is 6.54. The molecule has 0 unspecified atom stereocenters. The van der Waals surface area contributed by atoms with Crippen LogP contribution < -0.4 is 15.5 Å². The molecule has 2 fully saturated rings.